The SMILES string of the molecule is COC1=C2C[C@@H](C)C[C@H](OC)[C@@H](O)[C@@H](C)/C=C(\C)[C@H](OC(N)=O)C[C@@H](OC)/C=C\C=C(/C)C(=O)NC(=CC1=O)C2=O. The summed E-state index contributed by atoms with van der Waals surface area (Å²) in [6.07, 6.45) is 4.64. The number of nitrogens with two attached hydrogens (primary N) is 1. The Hall–Kier alpha value is -3.54. The number of aliphatic hydroxyl groups is 1. The third-order valence-corrected chi connectivity index (χ3v) is 7.23. The van der Waals surface area contributed by atoms with Gasteiger partial charge in [0.2, 0.25) is 11.6 Å². The molecule has 2 bridgehead atoms. The first-order valence-corrected chi connectivity index (χ1v) is 13.4. The lowest BCUT2D eigenvalue weighted by Gasteiger charge is -2.29. The highest BCUT2D eigenvalue weighted by molar-refractivity contribution is 6.23. The number of carbonyl (C=O) groups excluding carboxylic acids is 4. The van der Waals surface area contributed by atoms with Gasteiger partial charge in [0.05, 0.1) is 31.1 Å². The van der Waals surface area contributed by atoms with Crippen LogP contribution in [0, 0.1) is 11.8 Å². The summed E-state index contributed by atoms with van der Waals surface area (Å²) in [5.74, 6) is -2.31. The lowest BCUT2D eigenvalue weighted by molar-refractivity contribution is -0.120. The maximum atomic E-state index is 13.4. The number of hydrogen-bond acceptors (Lipinski definition) is 9. The van der Waals surface area contributed by atoms with Crippen molar-refractivity contribution in [1.29, 1.82) is 0 Å². The lowest BCUT2D eigenvalue weighted by Crippen LogP contribution is -2.36. The lowest BCUT2D eigenvalue weighted by atomic mass is 9.85. The number of fused-ring (bicyclic) bond motifs is 2. The van der Waals surface area contributed by atoms with Crippen LogP contribution in [0.2, 0.25) is 0 Å². The molecule has 6 atom stereocenters. The predicted octanol–water partition coefficient (Wildman–Crippen LogP) is 2.80. The van der Waals surface area contributed by atoms with Gasteiger partial charge in [-0.2, -0.15) is 0 Å². The number of primary amides is 1. The van der Waals surface area contributed by atoms with Crippen molar-refractivity contribution in [1.82, 2.24) is 5.32 Å². The van der Waals surface area contributed by atoms with Gasteiger partial charge in [0.15, 0.2) is 5.76 Å². The summed E-state index contributed by atoms with van der Waals surface area (Å²) in [4.78, 5) is 50.6. The summed E-state index contributed by atoms with van der Waals surface area (Å²) >= 11 is 0. The maximum Gasteiger partial charge on any atom is 0.405 e. The van der Waals surface area contributed by atoms with Crippen molar-refractivity contribution in [2.24, 2.45) is 17.6 Å². The fourth-order valence-corrected chi connectivity index (χ4v) is 4.89. The van der Waals surface area contributed by atoms with Gasteiger partial charge in [-0.25, -0.2) is 4.79 Å². The highest BCUT2D eigenvalue weighted by atomic mass is 16.6. The van der Waals surface area contributed by atoms with Crippen LogP contribution in [0.1, 0.15) is 47.0 Å². The minimum atomic E-state index is -0.947. The molecular weight excluding hydrogens is 532 g/mol. The standard InChI is InChI=1S/C30H42N2O9/c1-16-11-21-27(35)22(15-23(33)28(21)40-7)32-29(36)17(2)9-8-10-20(38-5)14-24(41-30(31)37)18(3)13-19(4)26(34)25(12-16)39-6/h8-10,13,15-16,19-20,24-26,34H,11-12,14H2,1-7H3,(H2,31,37)(H,32,36)/b10-8-,17-9+,18-13+/t16-,19+,20+,24-,25+,26+/m1/s1. The van der Waals surface area contributed by atoms with Crippen molar-refractivity contribution in [2.75, 3.05) is 21.3 Å². The van der Waals surface area contributed by atoms with Crippen molar-refractivity contribution in [3.8, 4) is 0 Å². The van der Waals surface area contributed by atoms with E-state index in [1.165, 1.54) is 27.4 Å². The quantitative estimate of drug-likeness (QED) is 0.338. The van der Waals surface area contributed by atoms with Gasteiger partial charge >= 0.3 is 6.09 Å². The van der Waals surface area contributed by atoms with Gasteiger partial charge < -0.3 is 35.1 Å². The zero-order valence-corrected chi connectivity index (χ0v) is 24.8. The molecule has 0 radical (unpaired) electrons. The van der Waals surface area contributed by atoms with E-state index in [-0.39, 0.29) is 41.4 Å². The van der Waals surface area contributed by atoms with Gasteiger partial charge in [0.25, 0.3) is 5.91 Å². The summed E-state index contributed by atoms with van der Waals surface area (Å²) in [5, 5.41) is 13.7. The van der Waals surface area contributed by atoms with Crippen LogP contribution in [-0.4, -0.2) is 74.4 Å². The molecule has 11 nitrogen and oxygen atoms in total. The van der Waals surface area contributed by atoms with E-state index in [0.717, 1.165) is 6.08 Å². The Morgan fingerprint density at radius 3 is 2.34 bits per heavy atom. The number of allylic oxidation sites excluding steroid dienone is 4. The van der Waals surface area contributed by atoms with Crippen LogP contribution >= 0.6 is 0 Å². The minimum absolute atomic E-state index is 0.0790. The Morgan fingerprint density at radius 1 is 1.07 bits per heavy atom. The van der Waals surface area contributed by atoms with Crippen molar-refractivity contribution in [2.45, 2.75) is 71.4 Å². The summed E-state index contributed by atoms with van der Waals surface area (Å²) < 4.78 is 21.8. The Kier molecular flexibility index (Phi) is 12.7. The van der Waals surface area contributed by atoms with Gasteiger partial charge in [-0.1, -0.05) is 38.2 Å². The monoisotopic (exact) mass is 574 g/mol. The van der Waals surface area contributed by atoms with Crippen LogP contribution < -0.4 is 11.1 Å². The van der Waals surface area contributed by atoms with Crippen LogP contribution in [-0.2, 0) is 33.3 Å². The van der Waals surface area contributed by atoms with E-state index in [0.29, 0.717) is 12.0 Å². The van der Waals surface area contributed by atoms with Crippen LogP contribution in [0.5, 0.6) is 0 Å². The first kappa shape index (κ1) is 33.7. The number of ketones is 2. The highest BCUT2D eigenvalue weighted by Gasteiger charge is 2.33. The summed E-state index contributed by atoms with van der Waals surface area (Å²) in [7, 11) is 4.29. The molecule has 11 heteroatoms. The predicted molar refractivity (Wildman–Crippen MR) is 151 cm³/mol. The first-order chi connectivity index (χ1) is 19.3. The molecular formula is C30H42N2O9. The Balaban J connectivity index is 2.56. The summed E-state index contributed by atoms with van der Waals surface area (Å²) in [6, 6.07) is 0. The van der Waals surface area contributed by atoms with Crippen molar-refractivity contribution >= 4 is 23.6 Å². The topological polar surface area (TPSA) is 163 Å². The number of amides is 2. The Morgan fingerprint density at radius 2 is 1.76 bits per heavy atom. The van der Waals surface area contributed by atoms with Crippen LogP contribution in [0.25, 0.3) is 0 Å². The van der Waals surface area contributed by atoms with E-state index in [4.69, 9.17) is 24.7 Å². The third kappa shape index (κ3) is 9.24. The molecule has 226 valence electrons. The Labute approximate surface area is 241 Å². The van der Waals surface area contributed by atoms with Crippen molar-refractivity contribution in [3.05, 3.63) is 58.6 Å². The molecule has 1 heterocycles. The molecule has 41 heavy (non-hydrogen) atoms. The molecule has 1 aliphatic carbocycles. The third-order valence-electron chi connectivity index (χ3n) is 7.23. The van der Waals surface area contributed by atoms with Gasteiger partial charge in [0.1, 0.15) is 6.10 Å². The first-order valence-electron chi connectivity index (χ1n) is 13.4. The number of Topliss-reactive ketones (excluding diaryl/α,β-unsaturated/α-hetero) is 1. The van der Waals surface area contributed by atoms with Gasteiger partial charge in [-0.05, 0) is 38.2 Å². The van der Waals surface area contributed by atoms with Gasteiger partial charge in [0, 0.05) is 43.8 Å². The second-order valence-corrected chi connectivity index (χ2v) is 10.5. The summed E-state index contributed by atoms with van der Waals surface area (Å²) in [5.41, 5.74) is 6.26. The molecule has 0 aromatic carbocycles. The van der Waals surface area contributed by atoms with E-state index in [2.05, 4.69) is 5.32 Å². The van der Waals surface area contributed by atoms with E-state index in [9.17, 15) is 24.3 Å². The molecule has 0 aromatic rings. The van der Waals surface area contributed by atoms with Crippen LogP contribution in [0.15, 0.2) is 58.6 Å². The van der Waals surface area contributed by atoms with Crippen LogP contribution in [0.3, 0.4) is 0 Å². The van der Waals surface area contributed by atoms with Crippen LogP contribution in [0.4, 0.5) is 4.79 Å². The fourth-order valence-electron chi connectivity index (χ4n) is 4.89. The van der Waals surface area contributed by atoms with Gasteiger partial charge in [-0.3, -0.25) is 14.4 Å². The number of rotatable bonds is 4. The molecule has 0 unspecified atom stereocenters. The van der Waals surface area contributed by atoms with E-state index >= 15 is 0 Å². The average molecular weight is 575 g/mol. The normalized spacial score (nSPS) is 32.5. The largest absolute Gasteiger partial charge is 0.492 e. The summed E-state index contributed by atoms with van der Waals surface area (Å²) in [6.45, 7) is 7.01. The number of carbonyl (C=O) groups is 4. The second kappa shape index (κ2) is 15.5. The number of nitrogens with one attached hydrogen (secondary N) is 1. The molecule has 2 amide bonds. The van der Waals surface area contributed by atoms with E-state index < -0.39 is 53.9 Å². The molecule has 0 aromatic heterocycles. The minimum Gasteiger partial charge on any atom is -0.492 e. The molecule has 1 aliphatic heterocycles. The molecule has 0 fully saturated rings. The molecule has 0 spiro atoms. The van der Waals surface area contributed by atoms with E-state index in [1.807, 2.05) is 13.8 Å². The molecule has 4 N–H and O–H groups in total. The molecule has 2 rings (SSSR count). The molecule has 0 saturated carbocycles. The number of hydrogen-bond donors (Lipinski definition) is 3. The molecule has 2 aliphatic rings. The zero-order chi connectivity index (χ0) is 30.9. The maximum absolute atomic E-state index is 13.4. The molecule has 0 saturated heterocycles. The zero-order valence-electron chi connectivity index (χ0n) is 24.8. The van der Waals surface area contributed by atoms with Gasteiger partial charge in [-0.15, -0.1) is 0 Å². The number of ether oxygens (including phenoxy) is 4. The van der Waals surface area contributed by atoms with Crippen molar-refractivity contribution < 1.29 is 43.2 Å². The van der Waals surface area contributed by atoms with Crippen molar-refractivity contribution in [3.63, 3.8) is 0 Å². The highest BCUT2D eigenvalue weighted by Crippen LogP contribution is 2.29. The number of methoxy groups -OCH3 is 3. The number of aliphatic hydroxyl groups excluding tert-OH is 1. The second-order valence-electron chi connectivity index (χ2n) is 10.5. The fraction of sp³-hybridized carbons (Fsp3) is 0.533. The Bertz CT molecular complexity index is 1160. The average Bonchev–Trinajstić information content (AvgIpc) is 2.91. The van der Waals surface area contributed by atoms with E-state index in [1.54, 1.807) is 32.1 Å². The smallest absolute Gasteiger partial charge is 0.405 e.